The molecule has 8 heteroatoms. The van der Waals surface area contributed by atoms with Crippen LogP contribution in [-0.2, 0) is 22.6 Å². The van der Waals surface area contributed by atoms with Gasteiger partial charge in [0, 0.05) is 29.0 Å². The SMILES string of the molecule is CCNC(=O)[C@@H](Cc1ccccc1)N(Cc1ccc(Br)cc1)C(=O)COc1ccc(Cl)cc1Br. The lowest BCUT2D eigenvalue weighted by Crippen LogP contribution is -2.51. The van der Waals surface area contributed by atoms with Crippen LogP contribution in [0.3, 0.4) is 0 Å². The first-order chi connectivity index (χ1) is 16.4. The molecule has 0 aliphatic heterocycles. The third kappa shape index (κ3) is 7.58. The summed E-state index contributed by atoms with van der Waals surface area (Å²) in [6.45, 7) is 2.38. The van der Waals surface area contributed by atoms with E-state index in [0.717, 1.165) is 15.6 Å². The second-order valence-corrected chi connectivity index (χ2v) is 9.82. The Labute approximate surface area is 221 Å². The van der Waals surface area contributed by atoms with Crippen LogP contribution in [0.5, 0.6) is 5.75 Å². The Morgan fingerprint density at radius 2 is 1.71 bits per heavy atom. The van der Waals surface area contributed by atoms with E-state index in [1.165, 1.54) is 0 Å². The van der Waals surface area contributed by atoms with Crippen LogP contribution in [0.2, 0.25) is 5.02 Å². The monoisotopic (exact) mass is 606 g/mol. The van der Waals surface area contributed by atoms with Crippen molar-refractivity contribution in [3.8, 4) is 5.75 Å². The Morgan fingerprint density at radius 1 is 1.00 bits per heavy atom. The molecule has 0 saturated heterocycles. The van der Waals surface area contributed by atoms with Crippen molar-refractivity contribution < 1.29 is 14.3 Å². The largest absolute Gasteiger partial charge is 0.483 e. The molecule has 1 atom stereocenters. The van der Waals surface area contributed by atoms with Gasteiger partial charge < -0.3 is 15.0 Å². The van der Waals surface area contributed by atoms with Crippen molar-refractivity contribution in [2.45, 2.75) is 25.9 Å². The summed E-state index contributed by atoms with van der Waals surface area (Å²) in [5.41, 5.74) is 1.88. The maximum atomic E-state index is 13.5. The van der Waals surface area contributed by atoms with Crippen LogP contribution in [-0.4, -0.2) is 35.9 Å². The maximum Gasteiger partial charge on any atom is 0.261 e. The highest BCUT2D eigenvalue weighted by Crippen LogP contribution is 2.28. The van der Waals surface area contributed by atoms with Crippen LogP contribution < -0.4 is 10.1 Å². The first-order valence-electron chi connectivity index (χ1n) is 10.8. The molecule has 34 heavy (non-hydrogen) atoms. The Bertz CT molecular complexity index is 1110. The summed E-state index contributed by atoms with van der Waals surface area (Å²) in [5, 5.41) is 3.44. The van der Waals surface area contributed by atoms with E-state index >= 15 is 0 Å². The predicted octanol–water partition coefficient (Wildman–Crippen LogP) is 6.02. The summed E-state index contributed by atoms with van der Waals surface area (Å²) in [7, 11) is 0. The number of benzene rings is 3. The number of hydrogen-bond acceptors (Lipinski definition) is 3. The molecule has 3 rings (SSSR count). The lowest BCUT2D eigenvalue weighted by Gasteiger charge is -2.31. The molecule has 3 aromatic carbocycles. The summed E-state index contributed by atoms with van der Waals surface area (Å²) >= 11 is 12.9. The van der Waals surface area contributed by atoms with Crippen LogP contribution in [0.15, 0.2) is 81.7 Å². The lowest BCUT2D eigenvalue weighted by atomic mass is 10.0. The molecule has 0 unspecified atom stereocenters. The number of nitrogens with zero attached hydrogens (tertiary/aromatic N) is 1. The number of nitrogens with one attached hydrogen (secondary N) is 1. The molecule has 3 aromatic rings. The summed E-state index contributed by atoms with van der Waals surface area (Å²) in [5.74, 6) is 0.000372. The normalized spacial score (nSPS) is 11.5. The van der Waals surface area contributed by atoms with Crippen molar-refractivity contribution in [3.63, 3.8) is 0 Å². The van der Waals surface area contributed by atoms with Gasteiger partial charge in [0.2, 0.25) is 5.91 Å². The highest BCUT2D eigenvalue weighted by atomic mass is 79.9. The summed E-state index contributed by atoms with van der Waals surface area (Å²) < 4.78 is 7.38. The highest BCUT2D eigenvalue weighted by molar-refractivity contribution is 9.10. The van der Waals surface area contributed by atoms with Crippen molar-refractivity contribution in [3.05, 3.63) is 97.9 Å². The van der Waals surface area contributed by atoms with Gasteiger partial charge in [0.1, 0.15) is 11.8 Å². The van der Waals surface area contributed by atoms with Gasteiger partial charge in [0.15, 0.2) is 6.61 Å². The topological polar surface area (TPSA) is 58.6 Å². The van der Waals surface area contributed by atoms with Crippen molar-refractivity contribution in [2.75, 3.05) is 13.2 Å². The molecule has 0 aliphatic carbocycles. The van der Waals surface area contributed by atoms with Gasteiger partial charge in [0.25, 0.3) is 5.91 Å². The molecule has 0 bridgehead atoms. The van der Waals surface area contributed by atoms with Crippen LogP contribution in [0, 0.1) is 0 Å². The van der Waals surface area contributed by atoms with E-state index < -0.39 is 6.04 Å². The predicted molar refractivity (Wildman–Crippen MR) is 142 cm³/mol. The fourth-order valence-electron chi connectivity index (χ4n) is 3.45. The van der Waals surface area contributed by atoms with Gasteiger partial charge in [0.05, 0.1) is 4.47 Å². The Hall–Kier alpha value is -2.35. The summed E-state index contributed by atoms with van der Waals surface area (Å²) in [4.78, 5) is 28.2. The average Bonchev–Trinajstić information content (AvgIpc) is 2.82. The van der Waals surface area contributed by atoms with E-state index in [1.807, 2.05) is 61.5 Å². The molecule has 0 saturated carbocycles. The van der Waals surface area contributed by atoms with E-state index in [1.54, 1.807) is 23.1 Å². The van der Waals surface area contributed by atoms with Gasteiger partial charge in [-0.1, -0.05) is 70.0 Å². The number of halogens is 3. The third-order valence-corrected chi connectivity index (χ3v) is 6.52. The van der Waals surface area contributed by atoms with E-state index in [9.17, 15) is 9.59 Å². The van der Waals surface area contributed by atoms with Gasteiger partial charge in [-0.05, 0) is 64.3 Å². The van der Waals surface area contributed by atoms with Crippen LogP contribution in [0.1, 0.15) is 18.1 Å². The minimum atomic E-state index is -0.698. The smallest absolute Gasteiger partial charge is 0.261 e. The fourth-order valence-corrected chi connectivity index (χ4v) is 4.51. The average molecular weight is 609 g/mol. The van der Waals surface area contributed by atoms with Gasteiger partial charge in [-0.3, -0.25) is 9.59 Å². The Balaban J connectivity index is 1.89. The second-order valence-electron chi connectivity index (χ2n) is 7.61. The fraction of sp³-hybridized carbons (Fsp3) is 0.231. The first-order valence-corrected chi connectivity index (χ1v) is 12.8. The minimum absolute atomic E-state index is 0.204. The summed E-state index contributed by atoms with van der Waals surface area (Å²) in [6, 6.07) is 21.8. The molecule has 0 aromatic heterocycles. The molecular weight excluding hydrogens is 584 g/mol. The van der Waals surface area contributed by atoms with Crippen molar-refractivity contribution in [1.29, 1.82) is 0 Å². The van der Waals surface area contributed by atoms with Gasteiger partial charge in [-0.2, -0.15) is 0 Å². The van der Waals surface area contributed by atoms with Crippen LogP contribution in [0.4, 0.5) is 0 Å². The van der Waals surface area contributed by atoms with E-state index in [-0.39, 0.29) is 25.0 Å². The lowest BCUT2D eigenvalue weighted by molar-refractivity contribution is -0.142. The molecule has 0 spiro atoms. The quantitative estimate of drug-likeness (QED) is 0.306. The van der Waals surface area contributed by atoms with E-state index in [0.29, 0.717) is 28.2 Å². The van der Waals surface area contributed by atoms with Crippen molar-refractivity contribution in [1.82, 2.24) is 10.2 Å². The second kappa shape index (κ2) is 12.9. The molecule has 1 N–H and O–H groups in total. The number of likely N-dealkylation sites (N-methyl/N-ethyl adjacent to an activating group) is 1. The number of rotatable bonds is 10. The van der Waals surface area contributed by atoms with E-state index in [2.05, 4.69) is 37.2 Å². The maximum absolute atomic E-state index is 13.5. The molecule has 0 radical (unpaired) electrons. The van der Waals surface area contributed by atoms with Crippen LogP contribution in [0.25, 0.3) is 0 Å². The number of amides is 2. The first kappa shape index (κ1) is 26.3. The number of hydrogen-bond donors (Lipinski definition) is 1. The molecule has 5 nitrogen and oxygen atoms in total. The molecule has 0 fully saturated rings. The molecule has 178 valence electrons. The zero-order valence-corrected chi connectivity index (χ0v) is 22.6. The zero-order chi connectivity index (χ0) is 24.5. The number of carbonyl (C=O) groups excluding carboxylic acids is 2. The molecule has 0 heterocycles. The molecular formula is C26H25Br2ClN2O3. The Kier molecular flexibility index (Phi) is 9.99. The van der Waals surface area contributed by atoms with Gasteiger partial charge in [-0.15, -0.1) is 0 Å². The van der Waals surface area contributed by atoms with Gasteiger partial charge in [-0.25, -0.2) is 0 Å². The van der Waals surface area contributed by atoms with Crippen molar-refractivity contribution >= 4 is 55.3 Å². The third-order valence-electron chi connectivity index (χ3n) is 5.13. The minimum Gasteiger partial charge on any atom is -0.483 e. The molecule has 0 aliphatic rings. The number of ether oxygens (including phenoxy) is 1. The van der Waals surface area contributed by atoms with E-state index in [4.69, 9.17) is 16.3 Å². The summed E-state index contributed by atoms with van der Waals surface area (Å²) in [6.07, 6.45) is 0.388. The zero-order valence-electron chi connectivity index (χ0n) is 18.6. The standard InChI is InChI=1S/C26H25Br2ClN2O3/c1-2-30-26(33)23(14-18-6-4-3-5-7-18)31(16-19-8-10-20(27)11-9-19)25(32)17-34-24-13-12-21(29)15-22(24)28/h3-13,15,23H,2,14,16-17H2,1H3,(H,30,33)/t23-/m1/s1. The Morgan fingerprint density at radius 3 is 2.35 bits per heavy atom. The highest BCUT2D eigenvalue weighted by Gasteiger charge is 2.30. The van der Waals surface area contributed by atoms with Crippen molar-refractivity contribution in [2.24, 2.45) is 0 Å². The van der Waals surface area contributed by atoms with Gasteiger partial charge >= 0.3 is 0 Å². The van der Waals surface area contributed by atoms with Crippen LogP contribution >= 0.6 is 43.5 Å². The number of carbonyl (C=O) groups is 2. The molecule has 2 amide bonds.